The molecule has 3 aliphatic carbocycles. The number of carbonyl (C=O) groups excluding carboxylic acids is 2. The number of aliphatic hydroxyl groups excluding tert-OH is 2. The van der Waals surface area contributed by atoms with Gasteiger partial charge in [0.25, 0.3) is 5.91 Å². The third-order valence-electron chi connectivity index (χ3n) is 12.5. The number of methoxy groups -OCH3 is 1. The quantitative estimate of drug-likeness (QED) is 0.168. The minimum absolute atomic E-state index is 0.0152. The van der Waals surface area contributed by atoms with E-state index in [2.05, 4.69) is 48.4 Å². The number of rotatable bonds is 14. The molecule has 0 aromatic heterocycles. The number of hydroxylamine groups is 2. The Morgan fingerprint density at radius 2 is 1.83 bits per heavy atom. The Bertz CT molecular complexity index is 1790. The summed E-state index contributed by atoms with van der Waals surface area (Å²) in [6, 6.07) is 20.2. The van der Waals surface area contributed by atoms with E-state index in [0.29, 0.717) is 58.2 Å². The molecule has 2 bridgehead atoms. The van der Waals surface area contributed by atoms with E-state index < -0.39 is 24.2 Å². The lowest BCUT2D eigenvalue weighted by atomic mass is 9.45. The zero-order valence-corrected chi connectivity index (χ0v) is 33.3. The molecule has 3 aromatic rings. The monoisotopic (exact) mass is 760 g/mol. The summed E-state index contributed by atoms with van der Waals surface area (Å²) < 4.78 is 6.02. The number of ether oxygens (including phenoxy) is 1. The normalized spacial score (nSPS) is 27.2. The van der Waals surface area contributed by atoms with Gasteiger partial charge >= 0.3 is 0 Å². The van der Waals surface area contributed by atoms with Crippen LogP contribution in [0.15, 0.2) is 66.7 Å². The molecular formula is C43H57ClN4O6. The second-order valence-electron chi connectivity index (χ2n) is 16.5. The van der Waals surface area contributed by atoms with Gasteiger partial charge in [-0.3, -0.25) is 14.4 Å². The zero-order chi connectivity index (χ0) is 38.9. The predicted octanol–water partition coefficient (Wildman–Crippen LogP) is 5.58. The minimum atomic E-state index is -0.929. The lowest BCUT2D eigenvalue weighted by Crippen LogP contribution is -2.62. The molecule has 0 spiro atoms. The summed E-state index contributed by atoms with van der Waals surface area (Å²) in [4.78, 5) is 36.3. The molecule has 1 aliphatic heterocycles. The molecule has 4 N–H and O–H groups in total. The summed E-state index contributed by atoms with van der Waals surface area (Å²) in [5, 5.41) is 29.8. The smallest absolute Gasteiger partial charge is 0.251 e. The van der Waals surface area contributed by atoms with Crippen LogP contribution in [0.4, 0.5) is 0 Å². The van der Waals surface area contributed by atoms with E-state index in [0.717, 1.165) is 17.5 Å². The van der Waals surface area contributed by atoms with Crippen LogP contribution in [0.3, 0.4) is 0 Å². The molecule has 0 radical (unpaired) electrons. The Morgan fingerprint density at radius 1 is 1.09 bits per heavy atom. The Hall–Kier alpha value is -3.51. The van der Waals surface area contributed by atoms with E-state index in [1.54, 1.807) is 31.2 Å². The molecule has 10 nitrogen and oxygen atoms in total. The topological polar surface area (TPSA) is 124 Å². The van der Waals surface area contributed by atoms with Gasteiger partial charge in [-0.1, -0.05) is 74.8 Å². The van der Waals surface area contributed by atoms with Crippen molar-refractivity contribution in [2.75, 3.05) is 34.4 Å². The predicted molar refractivity (Wildman–Crippen MR) is 211 cm³/mol. The van der Waals surface area contributed by atoms with E-state index in [-0.39, 0.29) is 42.5 Å². The van der Waals surface area contributed by atoms with Crippen LogP contribution in [0.5, 0.6) is 5.75 Å². The molecule has 3 aromatic carbocycles. The Morgan fingerprint density at radius 3 is 2.46 bits per heavy atom. The lowest BCUT2D eigenvalue weighted by Gasteiger charge is -2.62. The number of halogens is 1. The third kappa shape index (κ3) is 8.20. The Kier molecular flexibility index (Phi) is 12.4. The first kappa shape index (κ1) is 40.2. The number of hydrogen-bond acceptors (Lipinski definition) is 8. The van der Waals surface area contributed by atoms with Gasteiger partial charge < -0.3 is 30.5 Å². The van der Waals surface area contributed by atoms with Gasteiger partial charge in [0.05, 0.1) is 26.4 Å². The van der Waals surface area contributed by atoms with Crippen molar-refractivity contribution >= 4 is 23.4 Å². The Balaban J connectivity index is 1.25. The molecule has 1 saturated heterocycles. The minimum Gasteiger partial charge on any atom is -0.496 e. The fourth-order valence-electron chi connectivity index (χ4n) is 9.45. The van der Waals surface area contributed by atoms with Crippen molar-refractivity contribution in [3.63, 3.8) is 0 Å². The van der Waals surface area contributed by atoms with Crippen molar-refractivity contribution < 1.29 is 29.4 Å². The molecule has 3 saturated carbocycles. The van der Waals surface area contributed by atoms with E-state index in [9.17, 15) is 19.8 Å². The first-order valence-electron chi connectivity index (χ1n) is 19.2. The van der Waals surface area contributed by atoms with E-state index >= 15 is 0 Å². The van der Waals surface area contributed by atoms with Crippen molar-refractivity contribution in [3.8, 4) is 16.9 Å². The van der Waals surface area contributed by atoms with E-state index in [4.69, 9.17) is 21.2 Å². The van der Waals surface area contributed by atoms with Gasteiger partial charge in [-0.2, -0.15) is 5.06 Å². The third-order valence-corrected chi connectivity index (χ3v) is 12.8. The highest BCUT2D eigenvalue weighted by atomic mass is 35.5. The number of nitrogens with zero attached hydrogens (tertiary/aromatic N) is 2. The summed E-state index contributed by atoms with van der Waals surface area (Å²) in [5.41, 5.74) is 3.97. The van der Waals surface area contributed by atoms with E-state index in [1.807, 2.05) is 56.6 Å². The summed E-state index contributed by atoms with van der Waals surface area (Å²) in [6.07, 6.45) is 1.08. The molecule has 4 fully saturated rings. The van der Waals surface area contributed by atoms with Crippen LogP contribution >= 0.6 is 11.6 Å². The molecule has 0 unspecified atom stereocenters. The summed E-state index contributed by atoms with van der Waals surface area (Å²) in [5.74, 6) is 0.788. The van der Waals surface area contributed by atoms with Gasteiger partial charge in [0.15, 0.2) is 0 Å². The lowest BCUT2D eigenvalue weighted by molar-refractivity contribution is -0.183. The van der Waals surface area contributed by atoms with Crippen LogP contribution in [0.2, 0.25) is 5.02 Å². The highest BCUT2D eigenvalue weighted by Crippen LogP contribution is 2.61. The molecule has 11 heteroatoms. The van der Waals surface area contributed by atoms with Crippen LogP contribution in [-0.2, 0) is 22.6 Å². The fourth-order valence-corrected chi connectivity index (χ4v) is 9.66. The number of nitrogens with one attached hydrogen (secondary N) is 2. The highest BCUT2D eigenvalue weighted by Gasteiger charge is 2.57. The van der Waals surface area contributed by atoms with Gasteiger partial charge in [-0.25, -0.2) is 0 Å². The second-order valence-corrected chi connectivity index (χ2v) is 17.0. The average Bonchev–Trinajstić information content (AvgIpc) is 3.52. The Labute approximate surface area is 325 Å². The highest BCUT2D eigenvalue weighted by molar-refractivity contribution is 6.31. The molecule has 2 amide bonds. The van der Waals surface area contributed by atoms with Crippen molar-refractivity contribution in [2.45, 2.75) is 83.8 Å². The van der Waals surface area contributed by atoms with Crippen LogP contribution in [-0.4, -0.2) is 96.7 Å². The maximum Gasteiger partial charge on any atom is 0.251 e. The van der Waals surface area contributed by atoms with Gasteiger partial charge in [0, 0.05) is 46.3 Å². The standard InChI is InChI=1S/C43H57ClN4O6/c1-25-34-20-30(43(34,3)4)21-36(25)46-42(52)39-38(26(2)50)37(24-49)54-48(39)23-33-35(44)17-16-32(40(33)53-7)28-14-11-15-29(19-28)41(51)45-31(22-47(5)6)18-27-12-9-8-10-13-27/h8-17,19,25-26,30-31,34,36-39,49-50H,18,20-24H2,1-7H3,(H,45,51)(H,46,52)/t25-,26-,30+,31-,34-,36-,37-,38+,39-/m0/s1. The average molecular weight is 761 g/mol. The van der Waals surface area contributed by atoms with Crippen molar-refractivity contribution in [3.05, 3.63) is 88.4 Å². The summed E-state index contributed by atoms with van der Waals surface area (Å²) >= 11 is 6.88. The zero-order valence-electron chi connectivity index (χ0n) is 32.6. The van der Waals surface area contributed by atoms with Crippen molar-refractivity contribution in [1.82, 2.24) is 20.6 Å². The number of benzene rings is 3. The van der Waals surface area contributed by atoms with Crippen LogP contribution in [0, 0.1) is 29.1 Å². The van der Waals surface area contributed by atoms with Gasteiger partial charge in [0.1, 0.15) is 17.9 Å². The molecule has 54 heavy (non-hydrogen) atoms. The van der Waals surface area contributed by atoms with Crippen LogP contribution in [0.1, 0.15) is 62.0 Å². The number of fused-ring (bicyclic) bond motifs is 2. The number of carbonyl (C=O) groups is 2. The van der Waals surface area contributed by atoms with Crippen molar-refractivity contribution in [2.24, 2.45) is 29.1 Å². The molecule has 292 valence electrons. The largest absolute Gasteiger partial charge is 0.496 e. The fraction of sp³-hybridized carbons (Fsp3) is 0.535. The number of hydrogen-bond donors (Lipinski definition) is 4. The molecule has 1 heterocycles. The van der Waals surface area contributed by atoms with Crippen molar-refractivity contribution in [1.29, 1.82) is 0 Å². The van der Waals surface area contributed by atoms with Crippen LogP contribution < -0.4 is 15.4 Å². The molecular weight excluding hydrogens is 704 g/mol. The summed E-state index contributed by atoms with van der Waals surface area (Å²) in [6.45, 7) is 8.87. The SMILES string of the molecule is COc1c(-c2cccc(C(=O)N[C@@H](Cc3ccccc3)CN(C)C)c2)ccc(Cl)c1CN1O[C@@H](CO)[C@@H]([C@H](C)O)[C@H]1C(=O)N[C@H]1C[C@H]2C[C@@H]([C@@H]1C)C2(C)C. The van der Waals surface area contributed by atoms with Gasteiger partial charge in [-0.15, -0.1) is 0 Å². The maximum absolute atomic E-state index is 14.3. The van der Waals surface area contributed by atoms with Crippen LogP contribution in [0.25, 0.3) is 11.1 Å². The molecule has 9 atom stereocenters. The molecule has 7 rings (SSSR count). The number of likely N-dealkylation sites (N-methyl/N-ethyl adjacent to an activating group) is 1. The first-order valence-corrected chi connectivity index (χ1v) is 19.6. The van der Waals surface area contributed by atoms with Gasteiger partial charge in [-0.05, 0) is 98.8 Å². The number of aliphatic hydroxyl groups is 2. The first-order chi connectivity index (χ1) is 25.7. The number of amides is 2. The summed E-state index contributed by atoms with van der Waals surface area (Å²) in [7, 11) is 5.54. The van der Waals surface area contributed by atoms with E-state index in [1.165, 1.54) is 6.42 Å². The maximum atomic E-state index is 14.3. The second kappa shape index (κ2) is 16.7. The molecule has 4 aliphatic rings. The van der Waals surface area contributed by atoms with Gasteiger partial charge in [0.2, 0.25) is 5.91 Å².